The lowest BCUT2D eigenvalue weighted by Gasteiger charge is -2.12. The van der Waals surface area contributed by atoms with Crippen LogP contribution in [0.4, 0.5) is 0 Å². The summed E-state index contributed by atoms with van der Waals surface area (Å²) in [6, 6.07) is 16.4. The van der Waals surface area contributed by atoms with E-state index < -0.39 is 11.2 Å². The maximum absolute atomic E-state index is 11.3. The van der Waals surface area contributed by atoms with Gasteiger partial charge < -0.3 is 5.11 Å². The summed E-state index contributed by atoms with van der Waals surface area (Å²) >= 11 is 7.12. The Bertz CT molecular complexity index is 525. The third-order valence-corrected chi connectivity index (χ3v) is 3.90. The van der Waals surface area contributed by atoms with Crippen molar-refractivity contribution in [2.45, 2.75) is 10.1 Å². The Morgan fingerprint density at radius 1 is 1.06 bits per heavy atom. The second-order valence-electron chi connectivity index (χ2n) is 3.70. The SMILES string of the molecule is O=C(O)C(Sc1ccccc1)c1ccc(Cl)cc1. The Kier molecular flexibility index (Phi) is 4.28. The van der Waals surface area contributed by atoms with E-state index in [1.54, 1.807) is 24.3 Å². The average molecular weight is 279 g/mol. The van der Waals surface area contributed by atoms with Crippen LogP contribution < -0.4 is 0 Å². The van der Waals surface area contributed by atoms with Gasteiger partial charge >= 0.3 is 5.97 Å². The van der Waals surface area contributed by atoms with Crippen molar-refractivity contribution < 1.29 is 9.90 Å². The van der Waals surface area contributed by atoms with Crippen LogP contribution in [-0.2, 0) is 4.79 Å². The van der Waals surface area contributed by atoms with Gasteiger partial charge in [-0.2, -0.15) is 0 Å². The molecule has 0 aromatic heterocycles. The summed E-state index contributed by atoms with van der Waals surface area (Å²) in [5.74, 6) is -0.855. The van der Waals surface area contributed by atoms with Gasteiger partial charge in [0.05, 0.1) is 0 Å². The maximum atomic E-state index is 11.3. The molecular weight excluding hydrogens is 268 g/mol. The lowest BCUT2D eigenvalue weighted by molar-refractivity contribution is -0.136. The standard InChI is InChI=1S/C14H11ClO2S/c15-11-8-6-10(7-9-11)13(14(16)17)18-12-4-2-1-3-5-12/h1-9,13H,(H,16,17). The van der Waals surface area contributed by atoms with Crippen LogP contribution >= 0.6 is 23.4 Å². The molecule has 4 heteroatoms. The number of hydrogen-bond donors (Lipinski definition) is 1. The van der Waals surface area contributed by atoms with Gasteiger partial charge in [0.2, 0.25) is 0 Å². The summed E-state index contributed by atoms with van der Waals surface area (Å²) in [6.45, 7) is 0. The monoisotopic (exact) mass is 278 g/mol. The van der Waals surface area contributed by atoms with Crippen LogP contribution in [0.15, 0.2) is 59.5 Å². The Hall–Kier alpha value is -1.45. The molecule has 1 unspecified atom stereocenters. The molecule has 0 spiro atoms. The van der Waals surface area contributed by atoms with Crippen molar-refractivity contribution in [1.82, 2.24) is 0 Å². The molecule has 2 rings (SSSR count). The molecule has 0 radical (unpaired) electrons. The molecule has 1 atom stereocenters. The number of halogens is 1. The van der Waals surface area contributed by atoms with Gasteiger partial charge in [0, 0.05) is 9.92 Å². The van der Waals surface area contributed by atoms with Gasteiger partial charge in [-0.05, 0) is 29.8 Å². The minimum atomic E-state index is -0.855. The van der Waals surface area contributed by atoms with E-state index in [9.17, 15) is 9.90 Å². The Morgan fingerprint density at radius 2 is 1.67 bits per heavy atom. The summed E-state index contributed by atoms with van der Waals surface area (Å²) in [5.41, 5.74) is 0.737. The molecular formula is C14H11ClO2S. The zero-order valence-corrected chi connectivity index (χ0v) is 11.0. The van der Waals surface area contributed by atoms with Crippen molar-refractivity contribution in [3.8, 4) is 0 Å². The lowest BCUT2D eigenvalue weighted by Crippen LogP contribution is -2.07. The fourth-order valence-electron chi connectivity index (χ4n) is 1.53. The van der Waals surface area contributed by atoms with Crippen LogP contribution in [-0.4, -0.2) is 11.1 Å². The van der Waals surface area contributed by atoms with Crippen LogP contribution in [0, 0.1) is 0 Å². The molecule has 0 saturated heterocycles. The smallest absolute Gasteiger partial charge is 0.321 e. The summed E-state index contributed by atoms with van der Waals surface area (Å²) in [5, 5.41) is 9.29. The highest BCUT2D eigenvalue weighted by atomic mass is 35.5. The molecule has 0 saturated carbocycles. The van der Waals surface area contributed by atoms with Crippen LogP contribution in [0.3, 0.4) is 0 Å². The second kappa shape index (κ2) is 5.94. The summed E-state index contributed by atoms with van der Waals surface area (Å²) in [7, 11) is 0. The molecule has 0 aliphatic rings. The predicted molar refractivity (Wildman–Crippen MR) is 74.1 cm³/mol. The second-order valence-corrected chi connectivity index (χ2v) is 5.32. The van der Waals surface area contributed by atoms with E-state index in [4.69, 9.17) is 11.6 Å². The number of carboxylic acid groups (broad SMARTS) is 1. The molecule has 92 valence electrons. The van der Waals surface area contributed by atoms with Crippen molar-refractivity contribution in [1.29, 1.82) is 0 Å². The number of carboxylic acids is 1. The minimum Gasteiger partial charge on any atom is -0.480 e. The van der Waals surface area contributed by atoms with E-state index in [0.29, 0.717) is 5.02 Å². The first-order valence-electron chi connectivity index (χ1n) is 5.37. The molecule has 0 heterocycles. The van der Waals surface area contributed by atoms with Gasteiger partial charge in [0.15, 0.2) is 0 Å². The molecule has 0 fully saturated rings. The highest BCUT2D eigenvalue weighted by Crippen LogP contribution is 2.35. The quantitative estimate of drug-likeness (QED) is 0.849. The van der Waals surface area contributed by atoms with E-state index >= 15 is 0 Å². The third-order valence-electron chi connectivity index (χ3n) is 2.39. The first-order valence-corrected chi connectivity index (χ1v) is 6.62. The van der Waals surface area contributed by atoms with Crippen LogP contribution in [0.5, 0.6) is 0 Å². The fraction of sp³-hybridized carbons (Fsp3) is 0.0714. The molecule has 0 bridgehead atoms. The summed E-state index contributed by atoms with van der Waals surface area (Å²) in [6.07, 6.45) is 0. The Morgan fingerprint density at radius 3 is 2.22 bits per heavy atom. The highest BCUT2D eigenvalue weighted by molar-refractivity contribution is 8.00. The molecule has 2 nitrogen and oxygen atoms in total. The van der Waals surface area contributed by atoms with E-state index in [0.717, 1.165) is 10.5 Å². The number of benzene rings is 2. The lowest BCUT2D eigenvalue weighted by atomic mass is 10.1. The zero-order valence-electron chi connectivity index (χ0n) is 9.42. The van der Waals surface area contributed by atoms with Gasteiger partial charge in [0.1, 0.15) is 5.25 Å². The van der Waals surface area contributed by atoms with Gasteiger partial charge in [-0.15, -0.1) is 11.8 Å². The zero-order chi connectivity index (χ0) is 13.0. The van der Waals surface area contributed by atoms with Crippen molar-refractivity contribution in [2.75, 3.05) is 0 Å². The van der Waals surface area contributed by atoms with E-state index in [1.165, 1.54) is 11.8 Å². The normalized spacial score (nSPS) is 12.1. The molecule has 0 aliphatic heterocycles. The average Bonchev–Trinajstić information content (AvgIpc) is 2.38. The van der Waals surface area contributed by atoms with Gasteiger partial charge in [-0.3, -0.25) is 4.79 Å². The van der Waals surface area contributed by atoms with Crippen molar-refractivity contribution in [3.63, 3.8) is 0 Å². The number of hydrogen-bond acceptors (Lipinski definition) is 2. The summed E-state index contributed by atoms with van der Waals surface area (Å²) in [4.78, 5) is 12.3. The van der Waals surface area contributed by atoms with E-state index in [1.807, 2.05) is 30.3 Å². The fourth-order valence-corrected chi connectivity index (χ4v) is 2.64. The maximum Gasteiger partial charge on any atom is 0.321 e. The Balaban J connectivity index is 2.24. The molecule has 2 aromatic rings. The molecule has 18 heavy (non-hydrogen) atoms. The number of carbonyl (C=O) groups is 1. The van der Waals surface area contributed by atoms with Crippen molar-refractivity contribution >= 4 is 29.3 Å². The minimum absolute atomic E-state index is 0.604. The molecule has 1 N–H and O–H groups in total. The largest absolute Gasteiger partial charge is 0.480 e. The molecule has 0 amide bonds. The van der Waals surface area contributed by atoms with Crippen molar-refractivity contribution in [2.24, 2.45) is 0 Å². The van der Waals surface area contributed by atoms with Gasteiger partial charge in [-0.25, -0.2) is 0 Å². The van der Waals surface area contributed by atoms with Crippen LogP contribution in [0.2, 0.25) is 5.02 Å². The Labute approximate surface area is 115 Å². The third kappa shape index (κ3) is 3.28. The van der Waals surface area contributed by atoms with Crippen LogP contribution in [0.1, 0.15) is 10.8 Å². The van der Waals surface area contributed by atoms with E-state index in [-0.39, 0.29) is 0 Å². The van der Waals surface area contributed by atoms with Crippen LogP contribution in [0.25, 0.3) is 0 Å². The molecule has 2 aromatic carbocycles. The predicted octanol–water partition coefficient (Wildman–Crippen LogP) is 4.26. The molecule has 0 aliphatic carbocycles. The van der Waals surface area contributed by atoms with Gasteiger partial charge in [-0.1, -0.05) is 41.9 Å². The highest BCUT2D eigenvalue weighted by Gasteiger charge is 2.20. The number of rotatable bonds is 4. The summed E-state index contributed by atoms with van der Waals surface area (Å²) < 4.78 is 0. The first-order chi connectivity index (χ1) is 8.66. The van der Waals surface area contributed by atoms with Crippen molar-refractivity contribution in [3.05, 3.63) is 65.2 Å². The first kappa shape index (κ1) is 13.0. The topological polar surface area (TPSA) is 37.3 Å². The van der Waals surface area contributed by atoms with Gasteiger partial charge in [0.25, 0.3) is 0 Å². The van der Waals surface area contributed by atoms with E-state index in [2.05, 4.69) is 0 Å². The number of aliphatic carboxylic acids is 1. The number of thioether (sulfide) groups is 1.